The number of sulfonamides is 1. The van der Waals surface area contributed by atoms with E-state index < -0.39 is 15.9 Å². The summed E-state index contributed by atoms with van der Waals surface area (Å²) >= 11 is 5.89. The smallest absolute Gasteiger partial charge is 0.271 e. The first-order valence-electron chi connectivity index (χ1n) is 10.5. The minimum atomic E-state index is -3.70. The lowest BCUT2D eigenvalue weighted by Gasteiger charge is -2.26. The van der Waals surface area contributed by atoms with Gasteiger partial charge in [-0.25, -0.2) is 13.8 Å². The van der Waals surface area contributed by atoms with Crippen LogP contribution in [0, 0.1) is 0 Å². The van der Waals surface area contributed by atoms with Crippen LogP contribution in [0.2, 0.25) is 5.02 Å². The van der Waals surface area contributed by atoms with Crippen molar-refractivity contribution in [1.82, 2.24) is 9.73 Å². The van der Waals surface area contributed by atoms with Gasteiger partial charge in [0.2, 0.25) is 10.0 Å². The van der Waals surface area contributed by atoms with Gasteiger partial charge in [0.1, 0.15) is 11.5 Å². The Bertz CT molecular complexity index is 1290. The van der Waals surface area contributed by atoms with Gasteiger partial charge in [0.05, 0.1) is 24.3 Å². The third-order valence-corrected chi connectivity index (χ3v) is 7.14. The third kappa shape index (κ3) is 6.00. The summed E-state index contributed by atoms with van der Waals surface area (Å²) in [4.78, 5) is 12.6. The van der Waals surface area contributed by atoms with Crippen molar-refractivity contribution in [2.45, 2.75) is 4.90 Å². The molecule has 176 valence electrons. The number of ether oxygens (including phenoxy) is 2. The van der Waals surface area contributed by atoms with E-state index in [0.29, 0.717) is 35.3 Å². The lowest BCUT2D eigenvalue weighted by atomic mass is 10.2. The van der Waals surface area contributed by atoms with Crippen LogP contribution in [0.15, 0.2) is 82.8 Å². The van der Waals surface area contributed by atoms with E-state index in [2.05, 4.69) is 10.5 Å². The van der Waals surface area contributed by atoms with Crippen LogP contribution in [0.4, 0.5) is 0 Å². The van der Waals surface area contributed by atoms with E-state index in [4.69, 9.17) is 21.1 Å². The second-order valence-corrected chi connectivity index (χ2v) is 9.75. The van der Waals surface area contributed by atoms with Crippen LogP contribution in [0.3, 0.4) is 0 Å². The fraction of sp³-hybridized carbons (Fsp3) is 0.167. The van der Waals surface area contributed by atoms with Crippen molar-refractivity contribution in [3.8, 4) is 11.5 Å². The highest BCUT2D eigenvalue weighted by Crippen LogP contribution is 2.23. The number of hydrazone groups is 1. The topological polar surface area (TPSA) is 97.3 Å². The van der Waals surface area contributed by atoms with Crippen LogP contribution in [0.25, 0.3) is 0 Å². The molecule has 1 heterocycles. The zero-order valence-electron chi connectivity index (χ0n) is 18.1. The SMILES string of the molecule is O=C(N/N=C/c1cccc(Oc2ccc(Cl)cc2)c1)c1cccc(S(=O)(=O)N2CCOCC2)c1. The molecule has 1 saturated heterocycles. The van der Waals surface area contributed by atoms with Crippen LogP contribution >= 0.6 is 11.6 Å². The maximum atomic E-state index is 12.8. The van der Waals surface area contributed by atoms with Gasteiger partial charge >= 0.3 is 0 Å². The summed E-state index contributed by atoms with van der Waals surface area (Å²) in [5, 5.41) is 4.60. The van der Waals surface area contributed by atoms with E-state index in [1.54, 1.807) is 48.5 Å². The van der Waals surface area contributed by atoms with Crippen molar-refractivity contribution in [2.24, 2.45) is 5.10 Å². The molecule has 0 radical (unpaired) electrons. The van der Waals surface area contributed by atoms with Gasteiger partial charge in [-0.15, -0.1) is 0 Å². The van der Waals surface area contributed by atoms with Gasteiger partial charge in [-0.2, -0.15) is 9.41 Å². The molecule has 4 rings (SSSR count). The van der Waals surface area contributed by atoms with E-state index in [0.717, 1.165) is 0 Å². The molecule has 8 nitrogen and oxygen atoms in total. The Kier molecular flexibility index (Phi) is 7.59. The Morgan fingerprint density at radius 3 is 2.50 bits per heavy atom. The molecule has 1 amide bonds. The number of hydrogen-bond acceptors (Lipinski definition) is 6. The van der Waals surface area contributed by atoms with Gasteiger partial charge in [0.25, 0.3) is 5.91 Å². The van der Waals surface area contributed by atoms with Crippen molar-refractivity contribution in [3.05, 3.63) is 88.9 Å². The molecule has 0 spiro atoms. The molecule has 3 aromatic carbocycles. The van der Waals surface area contributed by atoms with Gasteiger partial charge in [-0.05, 0) is 60.2 Å². The number of nitrogens with one attached hydrogen (secondary N) is 1. The van der Waals surface area contributed by atoms with Gasteiger partial charge in [0, 0.05) is 23.7 Å². The zero-order chi connectivity index (χ0) is 24.0. The first-order valence-corrected chi connectivity index (χ1v) is 12.3. The van der Waals surface area contributed by atoms with Crippen LogP contribution in [0.1, 0.15) is 15.9 Å². The maximum Gasteiger partial charge on any atom is 0.271 e. The Morgan fingerprint density at radius 2 is 1.74 bits per heavy atom. The highest BCUT2D eigenvalue weighted by molar-refractivity contribution is 7.89. The summed E-state index contributed by atoms with van der Waals surface area (Å²) < 4.78 is 38.0. The highest BCUT2D eigenvalue weighted by atomic mass is 35.5. The van der Waals surface area contributed by atoms with E-state index in [-0.39, 0.29) is 23.5 Å². The summed E-state index contributed by atoms with van der Waals surface area (Å²) in [7, 11) is -3.70. The Morgan fingerprint density at radius 1 is 1.00 bits per heavy atom. The summed E-state index contributed by atoms with van der Waals surface area (Å²) in [5.41, 5.74) is 3.32. The fourth-order valence-corrected chi connectivity index (χ4v) is 4.84. The predicted molar refractivity (Wildman–Crippen MR) is 129 cm³/mol. The number of amides is 1. The maximum absolute atomic E-state index is 12.8. The van der Waals surface area contributed by atoms with Gasteiger partial charge in [0.15, 0.2) is 0 Å². The van der Waals surface area contributed by atoms with Crippen LogP contribution in [0.5, 0.6) is 11.5 Å². The molecule has 3 aromatic rings. The quantitative estimate of drug-likeness (QED) is 0.392. The normalized spacial score (nSPS) is 14.7. The van der Waals surface area contributed by atoms with E-state index in [9.17, 15) is 13.2 Å². The first-order chi connectivity index (χ1) is 16.4. The number of carbonyl (C=O) groups is 1. The zero-order valence-corrected chi connectivity index (χ0v) is 19.6. The molecular formula is C24H22ClN3O5S. The summed E-state index contributed by atoms with van der Waals surface area (Å²) in [6.45, 7) is 1.26. The van der Waals surface area contributed by atoms with Crippen molar-refractivity contribution in [1.29, 1.82) is 0 Å². The number of morpholine rings is 1. The number of halogens is 1. The van der Waals surface area contributed by atoms with Crippen molar-refractivity contribution >= 4 is 33.7 Å². The van der Waals surface area contributed by atoms with Crippen molar-refractivity contribution in [3.63, 3.8) is 0 Å². The standard InChI is InChI=1S/C24H22ClN3O5S/c25-20-7-9-21(10-8-20)33-22-5-1-3-18(15-22)17-26-27-24(29)19-4-2-6-23(16-19)34(30,31)28-11-13-32-14-12-28/h1-10,15-17H,11-14H2,(H,27,29)/b26-17+. The second kappa shape index (κ2) is 10.8. The molecular weight excluding hydrogens is 478 g/mol. The molecule has 1 aliphatic rings. The number of hydrogen-bond donors (Lipinski definition) is 1. The van der Waals surface area contributed by atoms with Crippen molar-refractivity contribution < 1.29 is 22.7 Å². The second-order valence-electron chi connectivity index (χ2n) is 7.37. The minimum Gasteiger partial charge on any atom is -0.457 e. The minimum absolute atomic E-state index is 0.0538. The van der Waals surface area contributed by atoms with Crippen LogP contribution in [-0.2, 0) is 14.8 Å². The molecule has 0 aromatic heterocycles. The molecule has 0 unspecified atom stereocenters. The number of rotatable bonds is 7. The average Bonchev–Trinajstić information content (AvgIpc) is 2.86. The summed E-state index contributed by atoms with van der Waals surface area (Å²) in [5.74, 6) is 0.709. The molecule has 1 N–H and O–H groups in total. The molecule has 0 bridgehead atoms. The highest BCUT2D eigenvalue weighted by Gasteiger charge is 2.26. The summed E-state index contributed by atoms with van der Waals surface area (Å²) in [6, 6.07) is 20.0. The first kappa shape index (κ1) is 23.9. The molecule has 0 saturated carbocycles. The average molecular weight is 500 g/mol. The number of benzene rings is 3. The lowest BCUT2D eigenvalue weighted by Crippen LogP contribution is -2.40. The van der Waals surface area contributed by atoms with E-state index >= 15 is 0 Å². The summed E-state index contributed by atoms with van der Waals surface area (Å²) in [6.07, 6.45) is 1.47. The van der Waals surface area contributed by atoms with Crippen LogP contribution in [-0.4, -0.2) is 51.1 Å². The number of carbonyl (C=O) groups excluding carboxylic acids is 1. The van der Waals surface area contributed by atoms with Crippen molar-refractivity contribution in [2.75, 3.05) is 26.3 Å². The van der Waals surface area contributed by atoms with Gasteiger partial charge in [-0.1, -0.05) is 29.8 Å². The van der Waals surface area contributed by atoms with E-state index in [1.807, 2.05) is 0 Å². The lowest BCUT2D eigenvalue weighted by molar-refractivity contribution is 0.0730. The predicted octanol–water partition coefficient (Wildman–Crippen LogP) is 3.92. The molecule has 34 heavy (non-hydrogen) atoms. The molecule has 1 aliphatic heterocycles. The Hall–Kier alpha value is -3.24. The largest absolute Gasteiger partial charge is 0.457 e. The molecule has 0 atom stereocenters. The third-order valence-electron chi connectivity index (χ3n) is 4.99. The molecule has 1 fully saturated rings. The fourth-order valence-electron chi connectivity index (χ4n) is 3.26. The van der Waals surface area contributed by atoms with E-state index in [1.165, 1.54) is 34.8 Å². The van der Waals surface area contributed by atoms with Crippen LogP contribution < -0.4 is 10.2 Å². The molecule has 0 aliphatic carbocycles. The molecule has 10 heteroatoms. The Labute approximate surface area is 202 Å². The van der Waals surface area contributed by atoms with Gasteiger partial charge < -0.3 is 9.47 Å². The number of nitrogens with zero attached hydrogens (tertiary/aromatic N) is 2. The Balaban J connectivity index is 1.40. The van der Waals surface area contributed by atoms with Gasteiger partial charge in [-0.3, -0.25) is 4.79 Å². The monoisotopic (exact) mass is 499 g/mol.